The van der Waals surface area contributed by atoms with Gasteiger partial charge in [0.05, 0.1) is 0 Å². The number of nitrogens with zero attached hydrogens (tertiary/aromatic N) is 3. The summed E-state index contributed by atoms with van der Waals surface area (Å²) in [6, 6.07) is 1.93. The van der Waals surface area contributed by atoms with E-state index in [9.17, 15) is 8.42 Å². The molecule has 0 bridgehead atoms. The van der Waals surface area contributed by atoms with Crippen LogP contribution in [0.3, 0.4) is 0 Å². The Labute approximate surface area is 99.6 Å². The highest BCUT2D eigenvalue weighted by Crippen LogP contribution is 2.28. The quantitative estimate of drug-likeness (QED) is 0.751. The third kappa shape index (κ3) is 2.39. The number of aryl methyl sites for hydroxylation is 1. The van der Waals surface area contributed by atoms with Crippen LogP contribution in [0.25, 0.3) is 0 Å². The van der Waals surface area contributed by atoms with Gasteiger partial charge in [0, 0.05) is 48.6 Å². The van der Waals surface area contributed by atoms with Crippen LogP contribution in [0.5, 0.6) is 0 Å². The van der Waals surface area contributed by atoms with Gasteiger partial charge >= 0.3 is 0 Å². The smallest absolute Gasteiger partial charge is 0.272 e. The largest absolute Gasteiger partial charge is 0.299 e. The van der Waals surface area contributed by atoms with Gasteiger partial charge in [0.1, 0.15) is 0 Å². The lowest BCUT2D eigenvalue weighted by Gasteiger charge is -2.29. The molecule has 0 saturated carbocycles. The molecule has 90 valence electrons. The number of rotatable bonds is 2. The maximum Gasteiger partial charge on any atom is 0.299 e. The predicted octanol–water partition coefficient (Wildman–Crippen LogP) is 1.08. The van der Waals surface area contributed by atoms with Crippen molar-refractivity contribution in [2.45, 2.75) is 18.8 Å². The van der Waals surface area contributed by atoms with Crippen LogP contribution in [-0.2, 0) is 16.3 Å². The highest BCUT2D eigenvalue weighted by molar-refractivity contribution is 8.11. The third-order valence-electron chi connectivity index (χ3n) is 2.97. The molecule has 2 rings (SSSR count). The molecule has 1 atom stereocenters. The van der Waals surface area contributed by atoms with Gasteiger partial charge in [0.15, 0.2) is 0 Å². The standard InChI is InChI=1S/C9H14ClN3O2S/c1-12-9(4-5-11-12)8-3-2-6-13(7-8)16(10,14)15/h4-5,8H,2-3,6-7H2,1H3. The Morgan fingerprint density at radius 2 is 2.31 bits per heavy atom. The van der Waals surface area contributed by atoms with Gasteiger partial charge in [0.25, 0.3) is 9.24 Å². The van der Waals surface area contributed by atoms with E-state index in [0.29, 0.717) is 13.1 Å². The first-order valence-corrected chi connectivity index (χ1v) is 7.43. The first kappa shape index (κ1) is 11.9. The maximum absolute atomic E-state index is 11.3. The first-order valence-electron chi connectivity index (χ1n) is 5.16. The van der Waals surface area contributed by atoms with Gasteiger partial charge in [-0.25, -0.2) is 0 Å². The van der Waals surface area contributed by atoms with E-state index < -0.39 is 9.24 Å². The van der Waals surface area contributed by atoms with Crippen LogP contribution in [0.4, 0.5) is 0 Å². The highest BCUT2D eigenvalue weighted by atomic mass is 35.7. The Kier molecular flexibility index (Phi) is 3.23. The lowest BCUT2D eigenvalue weighted by molar-refractivity contribution is 0.313. The normalized spacial score (nSPS) is 23.5. The highest BCUT2D eigenvalue weighted by Gasteiger charge is 2.29. The monoisotopic (exact) mass is 263 g/mol. The molecule has 1 unspecified atom stereocenters. The number of aromatic nitrogens is 2. The van der Waals surface area contributed by atoms with E-state index >= 15 is 0 Å². The van der Waals surface area contributed by atoms with Gasteiger partial charge in [-0.15, -0.1) is 0 Å². The molecule has 1 aliphatic heterocycles. The van der Waals surface area contributed by atoms with E-state index in [1.54, 1.807) is 10.9 Å². The summed E-state index contributed by atoms with van der Waals surface area (Å²) in [6.07, 6.45) is 3.54. The molecule has 1 aromatic rings. The van der Waals surface area contributed by atoms with Crippen LogP contribution in [0.2, 0.25) is 0 Å². The van der Waals surface area contributed by atoms with Crippen molar-refractivity contribution in [3.8, 4) is 0 Å². The molecule has 1 aromatic heterocycles. The van der Waals surface area contributed by atoms with Crippen LogP contribution >= 0.6 is 10.7 Å². The van der Waals surface area contributed by atoms with E-state index in [0.717, 1.165) is 18.5 Å². The average Bonchev–Trinajstić information content (AvgIpc) is 2.63. The molecule has 0 aliphatic carbocycles. The fraction of sp³-hybridized carbons (Fsp3) is 0.667. The van der Waals surface area contributed by atoms with Crippen molar-refractivity contribution in [2.24, 2.45) is 7.05 Å². The molecule has 1 fully saturated rings. The van der Waals surface area contributed by atoms with Gasteiger partial charge in [-0.1, -0.05) is 0 Å². The second kappa shape index (κ2) is 4.35. The van der Waals surface area contributed by atoms with Crippen LogP contribution in [0.15, 0.2) is 12.3 Å². The molecule has 0 amide bonds. The summed E-state index contributed by atoms with van der Waals surface area (Å²) in [5, 5.41) is 4.09. The zero-order valence-corrected chi connectivity index (χ0v) is 10.6. The molecular formula is C9H14ClN3O2S. The number of halogens is 1. The van der Waals surface area contributed by atoms with Crippen LogP contribution < -0.4 is 0 Å². The molecule has 5 nitrogen and oxygen atoms in total. The molecule has 1 saturated heterocycles. The summed E-state index contributed by atoms with van der Waals surface area (Å²) >= 11 is 0. The van der Waals surface area contributed by atoms with Gasteiger partial charge < -0.3 is 0 Å². The Hall–Kier alpha value is -0.590. The topological polar surface area (TPSA) is 55.2 Å². The van der Waals surface area contributed by atoms with Gasteiger partial charge in [0.2, 0.25) is 0 Å². The minimum atomic E-state index is -3.59. The van der Waals surface area contributed by atoms with Crippen LogP contribution in [-0.4, -0.2) is 35.6 Å². The fourth-order valence-electron chi connectivity index (χ4n) is 2.17. The lowest BCUT2D eigenvalue weighted by atomic mass is 9.96. The minimum Gasteiger partial charge on any atom is -0.272 e. The molecule has 0 spiro atoms. The Morgan fingerprint density at radius 1 is 1.56 bits per heavy atom. The van der Waals surface area contributed by atoms with E-state index in [-0.39, 0.29) is 5.92 Å². The van der Waals surface area contributed by atoms with E-state index in [1.165, 1.54) is 4.31 Å². The second-order valence-electron chi connectivity index (χ2n) is 4.02. The number of hydrogen-bond donors (Lipinski definition) is 0. The number of piperidine rings is 1. The SMILES string of the molecule is Cn1nccc1C1CCCN(S(=O)(=O)Cl)C1. The number of hydrogen-bond acceptors (Lipinski definition) is 3. The molecule has 2 heterocycles. The first-order chi connectivity index (χ1) is 7.48. The predicted molar refractivity (Wildman–Crippen MR) is 61.5 cm³/mol. The molecule has 0 N–H and O–H groups in total. The Balaban J connectivity index is 2.17. The Bertz CT molecular complexity index is 471. The van der Waals surface area contributed by atoms with Crippen molar-refractivity contribution in [3.63, 3.8) is 0 Å². The van der Waals surface area contributed by atoms with E-state index in [4.69, 9.17) is 10.7 Å². The second-order valence-corrected chi connectivity index (χ2v) is 6.53. The van der Waals surface area contributed by atoms with Gasteiger partial charge in [-0.05, 0) is 18.9 Å². The summed E-state index contributed by atoms with van der Waals surface area (Å²) < 4.78 is 25.6. The summed E-state index contributed by atoms with van der Waals surface area (Å²) in [4.78, 5) is 0. The van der Waals surface area contributed by atoms with Gasteiger partial charge in [-0.2, -0.15) is 17.8 Å². The molecule has 7 heteroatoms. The van der Waals surface area contributed by atoms with Crippen molar-refractivity contribution >= 4 is 19.9 Å². The molecule has 1 aliphatic rings. The minimum absolute atomic E-state index is 0.190. The summed E-state index contributed by atoms with van der Waals surface area (Å²) in [5.41, 5.74) is 1.06. The summed E-state index contributed by atoms with van der Waals surface area (Å²) in [7, 11) is 3.63. The zero-order chi connectivity index (χ0) is 11.8. The van der Waals surface area contributed by atoms with E-state index in [1.807, 2.05) is 13.1 Å². The van der Waals surface area contributed by atoms with Crippen LogP contribution in [0, 0.1) is 0 Å². The zero-order valence-electron chi connectivity index (χ0n) is 9.00. The van der Waals surface area contributed by atoms with Crippen molar-refractivity contribution in [3.05, 3.63) is 18.0 Å². The summed E-state index contributed by atoms with van der Waals surface area (Å²) in [5.74, 6) is 0.190. The molecule has 0 radical (unpaired) electrons. The van der Waals surface area contributed by atoms with Crippen molar-refractivity contribution in [2.75, 3.05) is 13.1 Å². The van der Waals surface area contributed by atoms with Crippen molar-refractivity contribution in [1.82, 2.24) is 14.1 Å². The van der Waals surface area contributed by atoms with Gasteiger partial charge in [-0.3, -0.25) is 4.68 Å². The van der Waals surface area contributed by atoms with Crippen molar-refractivity contribution in [1.29, 1.82) is 0 Å². The fourth-order valence-corrected chi connectivity index (χ4v) is 3.25. The summed E-state index contributed by atoms with van der Waals surface area (Å²) in [6.45, 7) is 0.964. The average molecular weight is 264 g/mol. The third-order valence-corrected chi connectivity index (χ3v) is 4.50. The van der Waals surface area contributed by atoms with E-state index in [2.05, 4.69) is 5.10 Å². The molecule has 16 heavy (non-hydrogen) atoms. The lowest BCUT2D eigenvalue weighted by Crippen LogP contribution is -2.37. The maximum atomic E-state index is 11.3. The molecule has 0 aromatic carbocycles. The molecular weight excluding hydrogens is 250 g/mol. The van der Waals surface area contributed by atoms with Crippen LogP contribution in [0.1, 0.15) is 24.5 Å². The van der Waals surface area contributed by atoms with Crippen molar-refractivity contribution < 1.29 is 8.42 Å². The Morgan fingerprint density at radius 3 is 2.88 bits per heavy atom.